The number of anilines is 2. The summed E-state index contributed by atoms with van der Waals surface area (Å²) < 4.78 is 22.5. The molecular formula is C22H24FN3O5. The van der Waals surface area contributed by atoms with Crippen LogP contribution in [0.2, 0.25) is 0 Å². The molecule has 164 valence electrons. The Morgan fingerprint density at radius 1 is 0.903 bits per heavy atom. The van der Waals surface area contributed by atoms with Crippen LogP contribution in [0.5, 0.6) is 0 Å². The lowest BCUT2D eigenvalue weighted by Crippen LogP contribution is -2.48. The number of esters is 2. The van der Waals surface area contributed by atoms with Gasteiger partial charge in [-0.05, 0) is 42.5 Å². The highest BCUT2D eigenvalue weighted by molar-refractivity contribution is 5.99. The lowest BCUT2D eigenvalue weighted by atomic mass is 10.1. The van der Waals surface area contributed by atoms with Gasteiger partial charge in [0.1, 0.15) is 5.82 Å². The van der Waals surface area contributed by atoms with Gasteiger partial charge >= 0.3 is 11.9 Å². The topological polar surface area (TPSA) is 88.2 Å². The molecule has 8 nitrogen and oxygen atoms in total. The first kappa shape index (κ1) is 22.2. The Morgan fingerprint density at radius 3 is 1.97 bits per heavy atom. The van der Waals surface area contributed by atoms with Gasteiger partial charge in [-0.15, -0.1) is 0 Å². The van der Waals surface area contributed by atoms with E-state index in [1.165, 1.54) is 44.6 Å². The molecule has 1 N–H and O–H groups in total. The van der Waals surface area contributed by atoms with E-state index in [1.54, 1.807) is 12.1 Å². The van der Waals surface area contributed by atoms with E-state index >= 15 is 0 Å². The van der Waals surface area contributed by atoms with Crippen LogP contribution in [0.25, 0.3) is 0 Å². The summed E-state index contributed by atoms with van der Waals surface area (Å²) in [7, 11) is 2.47. The molecule has 31 heavy (non-hydrogen) atoms. The number of carbonyl (C=O) groups excluding carboxylic acids is 3. The van der Waals surface area contributed by atoms with Gasteiger partial charge in [0.15, 0.2) is 0 Å². The van der Waals surface area contributed by atoms with Gasteiger partial charge in [-0.3, -0.25) is 9.69 Å². The van der Waals surface area contributed by atoms with Crippen LogP contribution in [0.15, 0.2) is 42.5 Å². The van der Waals surface area contributed by atoms with Gasteiger partial charge in [0.25, 0.3) is 0 Å². The number of amides is 1. The van der Waals surface area contributed by atoms with Crippen LogP contribution in [-0.4, -0.2) is 69.7 Å². The van der Waals surface area contributed by atoms with Crippen molar-refractivity contribution >= 4 is 29.2 Å². The first-order valence-electron chi connectivity index (χ1n) is 9.74. The van der Waals surface area contributed by atoms with Gasteiger partial charge in [0.05, 0.1) is 31.9 Å². The summed E-state index contributed by atoms with van der Waals surface area (Å²) in [5.41, 5.74) is 1.51. The summed E-state index contributed by atoms with van der Waals surface area (Å²) in [5.74, 6) is -1.80. The third-order valence-electron chi connectivity index (χ3n) is 4.99. The summed E-state index contributed by atoms with van der Waals surface area (Å²) in [6.07, 6.45) is 0. The lowest BCUT2D eigenvalue weighted by molar-refractivity contribution is -0.117. The van der Waals surface area contributed by atoms with Crippen molar-refractivity contribution in [2.24, 2.45) is 0 Å². The van der Waals surface area contributed by atoms with Gasteiger partial charge in [-0.1, -0.05) is 0 Å². The van der Waals surface area contributed by atoms with Gasteiger partial charge in [-0.25, -0.2) is 14.0 Å². The smallest absolute Gasteiger partial charge is 0.337 e. The van der Waals surface area contributed by atoms with Crippen LogP contribution in [0.3, 0.4) is 0 Å². The molecule has 1 heterocycles. The van der Waals surface area contributed by atoms with Crippen molar-refractivity contribution in [3.8, 4) is 0 Å². The van der Waals surface area contributed by atoms with Crippen molar-refractivity contribution in [3.63, 3.8) is 0 Å². The Bertz CT molecular complexity index is 922. The molecule has 1 aliphatic rings. The van der Waals surface area contributed by atoms with E-state index < -0.39 is 11.9 Å². The number of hydrogen-bond donors (Lipinski definition) is 1. The Kier molecular flexibility index (Phi) is 7.19. The summed E-state index contributed by atoms with van der Waals surface area (Å²) in [4.78, 5) is 40.4. The number of nitrogens with zero attached hydrogens (tertiary/aromatic N) is 2. The minimum Gasteiger partial charge on any atom is -0.465 e. The zero-order valence-electron chi connectivity index (χ0n) is 17.4. The number of ether oxygens (including phenoxy) is 2. The number of rotatable bonds is 6. The molecule has 0 aromatic heterocycles. The Hall–Kier alpha value is -3.46. The molecule has 1 saturated heterocycles. The molecule has 2 aromatic rings. The third kappa shape index (κ3) is 5.79. The third-order valence-corrected chi connectivity index (χ3v) is 4.99. The molecule has 1 fully saturated rings. The zero-order chi connectivity index (χ0) is 22.4. The minimum absolute atomic E-state index is 0.133. The fourth-order valence-corrected chi connectivity index (χ4v) is 3.39. The van der Waals surface area contributed by atoms with E-state index in [9.17, 15) is 18.8 Å². The summed E-state index contributed by atoms with van der Waals surface area (Å²) in [6.45, 7) is 2.92. The molecule has 0 spiro atoms. The molecule has 9 heteroatoms. The number of hydrogen-bond acceptors (Lipinski definition) is 7. The summed E-state index contributed by atoms with van der Waals surface area (Å²) in [6, 6.07) is 10.6. The molecule has 1 aliphatic heterocycles. The highest BCUT2D eigenvalue weighted by Gasteiger charge is 2.20. The molecule has 1 amide bonds. The summed E-state index contributed by atoms with van der Waals surface area (Å²) >= 11 is 0. The van der Waals surface area contributed by atoms with Gasteiger partial charge in [0.2, 0.25) is 5.91 Å². The quantitative estimate of drug-likeness (QED) is 0.704. The number of carbonyl (C=O) groups is 3. The monoisotopic (exact) mass is 429 g/mol. The predicted molar refractivity (Wildman–Crippen MR) is 113 cm³/mol. The van der Waals surface area contributed by atoms with Crippen LogP contribution in [0.1, 0.15) is 20.7 Å². The average molecular weight is 429 g/mol. The molecule has 0 bridgehead atoms. The SMILES string of the molecule is COC(=O)c1cc(NC(=O)CN2CCN(c3ccc(F)cc3)CC2)cc(C(=O)OC)c1. The number of methoxy groups -OCH3 is 2. The molecule has 0 aliphatic carbocycles. The normalized spacial score (nSPS) is 14.1. The first-order chi connectivity index (χ1) is 14.9. The lowest BCUT2D eigenvalue weighted by Gasteiger charge is -2.35. The largest absolute Gasteiger partial charge is 0.465 e. The maximum Gasteiger partial charge on any atom is 0.337 e. The van der Waals surface area contributed by atoms with Crippen molar-refractivity contribution in [2.75, 3.05) is 57.2 Å². The van der Waals surface area contributed by atoms with Crippen molar-refractivity contribution in [3.05, 3.63) is 59.4 Å². The Labute approximate surface area is 179 Å². The van der Waals surface area contributed by atoms with E-state index in [1.807, 2.05) is 4.90 Å². The summed E-state index contributed by atoms with van der Waals surface area (Å²) in [5, 5.41) is 2.73. The van der Waals surface area contributed by atoms with E-state index in [-0.39, 0.29) is 29.4 Å². The Balaban J connectivity index is 1.60. The van der Waals surface area contributed by atoms with Crippen molar-refractivity contribution in [2.45, 2.75) is 0 Å². The van der Waals surface area contributed by atoms with Crippen LogP contribution >= 0.6 is 0 Å². The maximum absolute atomic E-state index is 13.1. The maximum atomic E-state index is 13.1. The number of benzene rings is 2. The van der Waals surface area contributed by atoms with Crippen molar-refractivity contribution in [1.29, 1.82) is 0 Å². The zero-order valence-corrected chi connectivity index (χ0v) is 17.4. The fourth-order valence-electron chi connectivity index (χ4n) is 3.39. The van der Waals surface area contributed by atoms with Crippen LogP contribution in [0, 0.1) is 5.82 Å². The van der Waals surface area contributed by atoms with E-state index in [0.29, 0.717) is 31.9 Å². The predicted octanol–water partition coefficient (Wildman–Crippen LogP) is 2.16. The van der Waals surface area contributed by atoms with Gasteiger partial charge in [-0.2, -0.15) is 0 Å². The highest BCUT2D eigenvalue weighted by atomic mass is 19.1. The number of halogens is 1. The standard InChI is InChI=1S/C22H24FN3O5/c1-30-21(28)15-11-16(22(29)31-2)13-18(12-15)24-20(27)14-25-7-9-26(10-8-25)19-5-3-17(23)4-6-19/h3-6,11-13H,7-10,14H2,1-2H3,(H,24,27). The Morgan fingerprint density at radius 2 is 1.45 bits per heavy atom. The molecule has 0 atom stereocenters. The second-order valence-electron chi connectivity index (χ2n) is 7.07. The average Bonchev–Trinajstić information content (AvgIpc) is 2.78. The van der Waals surface area contributed by atoms with Gasteiger partial charge < -0.3 is 19.7 Å². The first-order valence-corrected chi connectivity index (χ1v) is 9.74. The second kappa shape index (κ2) is 10.0. The molecular weight excluding hydrogens is 405 g/mol. The van der Waals surface area contributed by atoms with Crippen LogP contribution < -0.4 is 10.2 Å². The van der Waals surface area contributed by atoms with E-state index in [2.05, 4.69) is 10.2 Å². The molecule has 0 unspecified atom stereocenters. The van der Waals surface area contributed by atoms with Crippen molar-refractivity contribution < 1.29 is 28.2 Å². The highest BCUT2D eigenvalue weighted by Crippen LogP contribution is 2.19. The van der Waals surface area contributed by atoms with Crippen LogP contribution in [0.4, 0.5) is 15.8 Å². The van der Waals surface area contributed by atoms with E-state index in [0.717, 1.165) is 5.69 Å². The van der Waals surface area contributed by atoms with E-state index in [4.69, 9.17) is 9.47 Å². The molecule has 0 radical (unpaired) electrons. The molecule has 3 rings (SSSR count). The second-order valence-corrected chi connectivity index (χ2v) is 7.07. The molecule has 2 aromatic carbocycles. The molecule has 0 saturated carbocycles. The van der Waals surface area contributed by atoms with Gasteiger partial charge in [0, 0.05) is 37.6 Å². The number of piperazine rings is 1. The minimum atomic E-state index is -0.627. The van der Waals surface area contributed by atoms with Crippen molar-refractivity contribution in [1.82, 2.24) is 4.90 Å². The fraction of sp³-hybridized carbons (Fsp3) is 0.318. The number of nitrogens with one attached hydrogen (secondary N) is 1. The van der Waals surface area contributed by atoms with Crippen LogP contribution in [-0.2, 0) is 14.3 Å².